The van der Waals surface area contributed by atoms with Crippen molar-refractivity contribution in [3.63, 3.8) is 0 Å². The summed E-state index contributed by atoms with van der Waals surface area (Å²) >= 11 is 0. The minimum absolute atomic E-state index is 0. The zero-order valence-electron chi connectivity index (χ0n) is 13.5. The van der Waals surface area contributed by atoms with Crippen LogP contribution in [0.2, 0.25) is 0 Å². The molecule has 20 heavy (non-hydrogen) atoms. The number of rotatable bonds is 14. The summed E-state index contributed by atoms with van der Waals surface area (Å²) in [7, 11) is 0. The first-order chi connectivity index (χ1) is 8.91. The molecular weight excluding hydrogens is 280 g/mol. The average molecular weight is 313 g/mol. The van der Waals surface area contributed by atoms with Crippen molar-refractivity contribution < 1.29 is 17.1 Å². The summed E-state index contributed by atoms with van der Waals surface area (Å²) in [5.41, 5.74) is 0. The van der Waals surface area contributed by atoms with Gasteiger partial charge in [-0.3, -0.25) is 0 Å². The molecule has 0 heterocycles. The maximum Gasteiger partial charge on any atom is 2.00 e. The molecule has 0 atom stereocenters. The Morgan fingerprint density at radius 1 is 0.800 bits per heavy atom. The van der Waals surface area contributed by atoms with Crippen LogP contribution in [0, 0.1) is 6.92 Å². The maximum atomic E-state index is 5.61. The molecule has 3 heteroatoms. The number of hydrogen-bond acceptors (Lipinski definition) is 1. The summed E-state index contributed by atoms with van der Waals surface area (Å²) in [6.45, 7) is 7.90. The predicted molar refractivity (Wildman–Crippen MR) is 87.5 cm³/mol. The molecule has 0 saturated heterocycles. The summed E-state index contributed by atoms with van der Waals surface area (Å²) in [4.78, 5) is 0. The number of halogens is 1. The molecule has 0 fully saturated rings. The van der Waals surface area contributed by atoms with Crippen LogP contribution in [0.5, 0.6) is 0 Å². The second-order valence-corrected chi connectivity index (χ2v) is 4.99. The van der Waals surface area contributed by atoms with E-state index in [4.69, 9.17) is 4.74 Å². The SMILES string of the molecule is [CH2-]C/C=C/CCCOCCCCCCCCCC.[Cl-].[Mg+2]. The van der Waals surface area contributed by atoms with Crippen molar-refractivity contribution in [1.29, 1.82) is 0 Å². The van der Waals surface area contributed by atoms with Gasteiger partial charge < -0.3 is 24.1 Å². The van der Waals surface area contributed by atoms with Crippen LogP contribution in [-0.2, 0) is 4.74 Å². The molecule has 0 bridgehead atoms. The van der Waals surface area contributed by atoms with Crippen LogP contribution >= 0.6 is 0 Å². The first-order valence-corrected chi connectivity index (χ1v) is 7.93. The van der Waals surface area contributed by atoms with E-state index in [-0.39, 0.29) is 35.5 Å². The van der Waals surface area contributed by atoms with Crippen LogP contribution < -0.4 is 12.4 Å². The van der Waals surface area contributed by atoms with Crippen molar-refractivity contribution in [1.82, 2.24) is 0 Å². The first kappa shape index (κ1) is 25.7. The van der Waals surface area contributed by atoms with Gasteiger partial charge in [-0.25, -0.2) is 0 Å². The Balaban J connectivity index is -0.00000144. The second kappa shape index (κ2) is 24.8. The Morgan fingerprint density at radius 3 is 1.95 bits per heavy atom. The fourth-order valence-electron chi connectivity index (χ4n) is 1.98. The molecule has 0 amide bonds. The van der Waals surface area contributed by atoms with Crippen LogP contribution in [-0.4, -0.2) is 36.3 Å². The molecule has 0 rings (SSSR count). The molecular formula is C17H33ClMgO. The van der Waals surface area contributed by atoms with Gasteiger partial charge in [-0.05, 0) is 19.3 Å². The summed E-state index contributed by atoms with van der Waals surface area (Å²) in [5, 5.41) is 0. The van der Waals surface area contributed by atoms with Crippen molar-refractivity contribution in [2.75, 3.05) is 13.2 Å². The fraction of sp³-hybridized carbons (Fsp3) is 0.824. The zero-order chi connectivity index (χ0) is 13.3. The van der Waals surface area contributed by atoms with Gasteiger partial charge in [0.2, 0.25) is 0 Å². The largest absolute Gasteiger partial charge is 2.00 e. The summed E-state index contributed by atoms with van der Waals surface area (Å²) < 4.78 is 5.61. The molecule has 116 valence electrons. The number of unbranched alkanes of at least 4 members (excludes halogenated alkanes) is 8. The molecule has 0 aliphatic heterocycles. The summed E-state index contributed by atoms with van der Waals surface area (Å²) in [6.07, 6.45) is 18.5. The van der Waals surface area contributed by atoms with Crippen LogP contribution in [0.15, 0.2) is 12.2 Å². The van der Waals surface area contributed by atoms with Gasteiger partial charge in [-0.2, -0.15) is 6.42 Å². The Morgan fingerprint density at radius 2 is 1.35 bits per heavy atom. The van der Waals surface area contributed by atoms with Crippen molar-refractivity contribution >= 4 is 23.1 Å². The minimum atomic E-state index is 0. The van der Waals surface area contributed by atoms with Crippen molar-refractivity contribution in [2.45, 2.75) is 77.6 Å². The third-order valence-electron chi connectivity index (χ3n) is 3.14. The molecule has 0 saturated carbocycles. The third-order valence-corrected chi connectivity index (χ3v) is 3.14. The van der Waals surface area contributed by atoms with Gasteiger partial charge in [0.25, 0.3) is 0 Å². The van der Waals surface area contributed by atoms with Gasteiger partial charge >= 0.3 is 23.1 Å². The van der Waals surface area contributed by atoms with Crippen LogP contribution in [0.1, 0.15) is 77.6 Å². The van der Waals surface area contributed by atoms with Crippen LogP contribution in [0.3, 0.4) is 0 Å². The summed E-state index contributed by atoms with van der Waals surface area (Å²) in [6, 6.07) is 0. The second-order valence-electron chi connectivity index (χ2n) is 4.99. The van der Waals surface area contributed by atoms with E-state index < -0.39 is 0 Å². The number of allylic oxidation sites excluding steroid dienone is 2. The number of ether oxygens (including phenoxy) is 1. The van der Waals surface area contributed by atoms with Crippen molar-refractivity contribution in [2.24, 2.45) is 0 Å². The van der Waals surface area contributed by atoms with Crippen molar-refractivity contribution in [3.05, 3.63) is 19.1 Å². The molecule has 0 aromatic heterocycles. The molecule has 0 aromatic carbocycles. The first-order valence-electron chi connectivity index (χ1n) is 7.93. The molecule has 0 N–H and O–H groups in total. The number of hydrogen-bond donors (Lipinski definition) is 0. The third kappa shape index (κ3) is 23.8. The minimum Gasteiger partial charge on any atom is -1.00 e. The van der Waals surface area contributed by atoms with Gasteiger partial charge in [0, 0.05) is 13.2 Å². The Labute approximate surface area is 149 Å². The maximum absolute atomic E-state index is 5.61. The van der Waals surface area contributed by atoms with E-state index in [0.717, 1.165) is 32.5 Å². The van der Waals surface area contributed by atoms with Gasteiger partial charge in [-0.1, -0.05) is 57.9 Å². The van der Waals surface area contributed by atoms with E-state index in [1.54, 1.807) is 0 Å². The van der Waals surface area contributed by atoms with E-state index in [2.05, 4.69) is 26.0 Å². The molecule has 0 aromatic rings. The Bertz CT molecular complexity index is 174. The quantitative estimate of drug-likeness (QED) is 0.207. The van der Waals surface area contributed by atoms with E-state index >= 15 is 0 Å². The standard InChI is InChI=1S/C17H33O.ClH.Mg/c1-3-5-7-9-10-11-13-15-17-18-16-14-12-8-6-4-2;;/h6,8H,2-5,7,9-17H2,1H3;1H;/q-1;;+2/p-1/b8-6+;;. The molecule has 1 nitrogen and oxygen atoms in total. The van der Waals surface area contributed by atoms with E-state index in [9.17, 15) is 0 Å². The van der Waals surface area contributed by atoms with Crippen LogP contribution in [0.25, 0.3) is 0 Å². The predicted octanol–water partition coefficient (Wildman–Crippen LogP) is 2.33. The van der Waals surface area contributed by atoms with Gasteiger partial charge in [-0.15, -0.1) is 6.08 Å². The van der Waals surface area contributed by atoms with Crippen LogP contribution in [0.4, 0.5) is 0 Å². The van der Waals surface area contributed by atoms with Gasteiger partial charge in [0.15, 0.2) is 0 Å². The van der Waals surface area contributed by atoms with E-state index in [1.807, 2.05) is 0 Å². The molecule has 0 aliphatic carbocycles. The van der Waals surface area contributed by atoms with Crippen molar-refractivity contribution in [3.8, 4) is 0 Å². The Kier molecular flexibility index (Phi) is 31.8. The monoisotopic (exact) mass is 312 g/mol. The van der Waals surface area contributed by atoms with E-state index in [1.165, 1.54) is 51.4 Å². The topological polar surface area (TPSA) is 9.23 Å². The smallest absolute Gasteiger partial charge is 1.00 e. The zero-order valence-corrected chi connectivity index (χ0v) is 15.7. The Hall–Kier alpha value is 0.756. The molecule has 0 aliphatic rings. The van der Waals surface area contributed by atoms with E-state index in [0.29, 0.717) is 0 Å². The fourth-order valence-corrected chi connectivity index (χ4v) is 1.98. The molecule has 0 unspecified atom stereocenters. The summed E-state index contributed by atoms with van der Waals surface area (Å²) in [5.74, 6) is 0. The normalized spacial score (nSPS) is 10.3. The van der Waals surface area contributed by atoms with Gasteiger partial charge in [0.05, 0.1) is 0 Å². The molecule has 0 spiro atoms. The molecule has 0 radical (unpaired) electrons. The average Bonchev–Trinajstić information content (AvgIpc) is 2.39. The van der Waals surface area contributed by atoms with Gasteiger partial charge in [0.1, 0.15) is 0 Å².